The largest absolute Gasteiger partial charge is 2.00 e. The van der Waals surface area contributed by atoms with Crippen LogP contribution in [0.4, 0.5) is 52.7 Å². The van der Waals surface area contributed by atoms with E-state index >= 15 is 0 Å². The fourth-order valence-electron chi connectivity index (χ4n) is 6.73. The quantitative estimate of drug-likeness (QED) is 0.0660. The van der Waals surface area contributed by atoms with Crippen molar-refractivity contribution < 1.29 is 69.8 Å². The van der Waals surface area contributed by atoms with Crippen molar-refractivity contribution in [3.63, 3.8) is 0 Å². The molecule has 0 fully saturated rings. The van der Waals surface area contributed by atoms with Crippen LogP contribution >= 0.6 is 15.8 Å². The maximum atomic E-state index is 14.1. The number of allylic oxidation sites excluding steroid dienone is 10. The first-order valence-corrected chi connectivity index (χ1v) is 20.8. The van der Waals surface area contributed by atoms with Gasteiger partial charge in [-0.2, -0.15) is 70.9 Å². The average Bonchev–Trinajstić information content (AvgIpc) is 3.95. The molecular weight excluding hydrogens is 898 g/mol. The Morgan fingerprint density at radius 2 is 0.934 bits per heavy atom. The molecule has 0 radical (unpaired) electrons. The van der Waals surface area contributed by atoms with Crippen LogP contribution in [0.25, 0.3) is 0 Å². The van der Waals surface area contributed by atoms with Crippen LogP contribution in [0.3, 0.4) is 0 Å². The third kappa shape index (κ3) is 11.4. The Labute approximate surface area is 357 Å². The van der Waals surface area contributed by atoms with Crippen molar-refractivity contribution in [1.29, 1.82) is 0 Å². The van der Waals surface area contributed by atoms with E-state index in [0.29, 0.717) is 41.0 Å². The Bertz CT molecular complexity index is 2210. The van der Waals surface area contributed by atoms with Gasteiger partial charge < -0.3 is 0 Å². The number of hydrogen-bond donors (Lipinski definition) is 0. The molecule has 0 bridgehead atoms. The predicted octanol–water partition coefficient (Wildman–Crippen LogP) is 13.6. The maximum absolute atomic E-state index is 14.1. The monoisotopic (exact) mass is 930 g/mol. The van der Waals surface area contributed by atoms with Crippen LogP contribution in [-0.2, 0) is 41.8 Å². The summed E-state index contributed by atoms with van der Waals surface area (Å²) < 4.78 is 170. The van der Waals surface area contributed by atoms with E-state index < -0.39 is 79.1 Å². The standard InChI is InChI=1S/C41H27F12P2.C5H5.Fe/c1-25(34-16-10-17-35(34)36-15-8-9-18-37(36)55(30-11-4-2-5-12-30)31-13-6-3-7-14-31)54(32-21-26(38(42,43)44)19-27(22-32)39(45,46)47)33-23-28(40(48,49)50)20-29(24-33)41(51,52)53;1-2-4-5-3-1;/h2-25H,1H3;1-5H;/q2*-1;+2/b36-35+;;/t25-;;/m0../s1. The zero-order chi connectivity index (χ0) is 43.5. The van der Waals surface area contributed by atoms with Gasteiger partial charge in [-0.05, 0) is 65.5 Å². The molecule has 0 nitrogen and oxygen atoms in total. The molecule has 0 N–H and O–H groups in total. The van der Waals surface area contributed by atoms with Gasteiger partial charge in [0.15, 0.2) is 0 Å². The molecule has 0 heterocycles. The summed E-state index contributed by atoms with van der Waals surface area (Å²) in [5.74, 6) is 0. The Morgan fingerprint density at radius 1 is 0.508 bits per heavy atom. The van der Waals surface area contributed by atoms with E-state index in [0.717, 1.165) is 16.3 Å². The minimum absolute atomic E-state index is 0. The van der Waals surface area contributed by atoms with Gasteiger partial charge in [0.25, 0.3) is 0 Å². The third-order valence-corrected chi connectivity index (χ3v) is 14.6. The summed E-state index contributed by atoms with van der Waals surface area (Å²) in [4.78, 5) is 0. The second-order valence-corrected chi connectivity index (χ2v) is 18.2. The van der Waals surface area contributed by atoms with Gasteiger partial charge in [-0.15, -0.1) is 29.9 Å². The van der Waals surface area contributed by atoms with E-state index in [1.165, 1.54) is 13.0 Å². The van der Waals surface area contributed by atoms with Gasteiger partial charge in [-0.25, -0.2) is 12.1 Å². The fourth-order valence-corrected chi connectivity index (χ4v) is 12.0. The van der Waals surface area contributed by atoms with Crippen molar-refractivity contribution in [3.05, 3.63) is 215 Å². The molecular formula is C46H32F12FeP2. The molecule has 7 rings (SSSR count). The van der Waals surface area contributed by atoms with Gasteiger partial charge >= 0.3 is 41.8 Å². The van der Waals surface area contributed by atoms with Crippen LogP contribution < -0.4 is 21.2 Å². The number of hydrogen-bond acceptors (Lipinski definition) is 0. The molecule has 0 spiro atoms. The molecule has 0 aliphatic heterocycles. The van der Waals surface area contributed by atoms with Gasteiger partial charge in [0.05, 0.1) is 22.3 Å². The summed E-state index contributed by atoms with van der Waals surface area (Å²) in [5, 5.41) is 0.500. The van der Waals surface area contributed by atoms with Crippen LogP contribution in [0.1, 0.15) is 29.2 Å². The second-order valence-electron chi connectivity index (χ2n) is 13.5. The molecule has 2 aliphatic carbocycles. The van der Waals surface area contributed by atoms with Crippen molar-refractivity contribution in [2.45, 2.75) is 37.3 Å². The topological polar surface area (TPSA) is 0 Å². The molecule has 15 heteroatoms. The first-order chi connectivity index (χ1) is 28.2. The molecule has 5 aromatic carbocycles. The molecule has 0 saturated heterocycles. The van der Waals surface area contributed by atoms with Gasteiger partial charge in [0, 0.05) is 5.66 Å². The average molecular weight is 931 g/mol. The van der Waals surface area contributed by atoms with E-state index in [2.05, 4.69) is 0 Å². The summed E-state index contributed by atoms with van der Waals surface area (Å²) in [5.41, 5.74) is -5.96. The second kappa shape index (κ2) is 19.2. The summed E-state index contributed by atoms with van der Waals surface area (Å²) in [6.45, 7) is 1.39. The van der Waals surface area contributed by atoms with Crippen LogP contribution in [0.2, 0.25) is 0 Å². The third-order valence-electron chi connectivity index (χ3n) is 9.41. The van der Waals surface area contributed by atoms with Crippen LogP contribution in [0.5, 0.6) is 0 Å². The summed E-state index contributed by atoms with van der Waals surface area (Å²) in [6, 6.07) is 30.2. The molecule has 318 valence electrons. The normalized spacial score (nSPS) is 16.0. The maximum Gasteiger partial charge on any atom is 2.00 e. The first kappa shape index (κ1) is 47.4. The Kier molecular flexibility index (Phi) is 14.9. The molecule has 1 atom stereocenters. The van der Waals surface area contributed by atoms with Crippen molar-refractivity contribution in [2.75, 3.05) is 0 Å². The number of alkyl halides is 12. The predicted molar refractivity (Wildman–Crippen MR) is 215 cm³/mol. The van der Waals surface area contributed by atoms with E-state index in [1.54, 1.807) is 24.3 Å². The molecule has 5 aromatic rings. The van der Waals surface area contributed by atoms with Crippen molar-refractivity contribution in [2.24, 2.45) is 0 Å². The number of halogens is 12. The molecule has 0 unspecified atom stereocenters. The van der Waals surface area contributed by atoms with Gasteiger partial charge in [-0.1, -0.05) is 111 Å². The Balaban J connectivity index is 0.00000109. The smallest absolute Gasteiger partial charge is 0.214 e. The van der Waals surface area contributed by atoms with Crippen LogP contribution in [0.15, 0.2) is 187 Å². The molecule has 61 heavy (non-hydrogen) atoms. The number of benzene rings is 4. The minimum Gasteiger partial charge on any atom is -0.214 e. The van der Waals surface area contributed by atoms with E-state index in [1.807, 2.05) is 103 Å². The summed E-state index contributed by atoms with van der Waals surface area (Å²) in [6.07, 6.45) is -9.33. The first-order valence-electron chi connectivity index (χ1n) is 18.0. The van der Waals surface area contributed by atoms with Crippen LogP contribution in [0, 0.1) is 5.66 Å². The van der Waals surface area contributed by atoms with Crippen LogP contribution in [-0.4, -0.2) is 5.66 Å². The molecule has 0 amide bonds. The fraction of sp³-hybridized carbons (Fsp3) is 0.130. The van der Waals surface area contributed by atoms with Gasteiger partial charge in [-0.3, -0.25) is 0 Å². The zero-order valence-corrected chi connectivity index (χ0v) is 34.4. The molecule has 0 aromatic heterocycles. The van der Waals surface area contributed by atoms with E-state index in [9.17, 15) is 52.7 Å². The summed E-state index contributed by atoms with van der Waals surface area (Å²) >= 11 is 0. The van der Waals surface area contributed by atoms with Crippen molar-refractivity contribution >= 4 is 37.1 Å². The number of rotatable bonds is 7. The zero-order valence-electron chi connectivity index (χ0n) is 31.5. The molecule has 0 saturated carbocycles. The minimum atomic E-state index is -5.33. The van der Waals surface area contributed by atoms with E-state index in [-0.39, 0.29) is 29.2 Å². The van der Waals surface area contributed by atoms with Gasteiger partial charge in [0.2, 0.25) is 0 Å². The Hall–Kier alpha value is -4.66. The molecule has 2 aliphatic rings. The Morgan fingerprint density at radius 3 is 1.31 bits per heavy atom. The van der Waals surface area contributed by atoms with Crippen molar-refractivity contribution in [1.82, 2.24) is 0 Å². The SMILES string of the molecule is C[C@@H](C1=CC=C/C1=C1/C=CC=C[C-]1P(c1ccccc1)c1ccccc1)P(c1cc(C(F)(F)F)cc(C(F)(F)F)c1)c1cc(C(F)(F)F)cc(C(F)(F)F)c1.[Fe+2].c1cc[cH-]c1. The van der Waals surface area contributed by atoms with Gasteiger partial charge in [0.1, 0.15) is 0 Å². The van der Waals surface area contributed by atoms with E-state index in [4.69, 9.17) is 0 Å². The summed E-state index contributed by atoms with van der Waals surface area (Å²) in [7, 11) is -4.10. The van der Waals surface area contributed by atoms with Crippen molar-refractivity contribution in [3.8, 4) is 0 Å².